The molecule has 1 fully saturated rings. The van der Waals surface area contributed by atoms with Crippen LogP contribution in [0, 0.1) is 0 Å². The summed E-state index contributed by atoms with van der Waals surface area (Å²) in [6, 6.07) is 13.9. The molecule has 0 aliphatic carbocycles. The van der Waals surface area contributed by atoms with Crippen molar-refractivity contribution in [3.8, 4) is 5.75 Å². The third kappa shape index (κ3) is 2.74. The number of fused-ring (bicyclic) bond motifs is 1. The molecule has 3 aromatic rings. The fraction of sp³-hybridized carbons (Fsp3) is 0.300. The minimum Gasteiger partial charge on any atom is -0.505 e. The number of likely N-dealkylation sites (tertiary alicyclic amines) is 1. The molecule has 0 spiro atoms. The highest BCUT2D eigenvalue weighted by Crippen LogP contribution is 2.38. The number of aromatic nitrogens is 2. The van der Waals surface area contributed by atoms with Crippen molar-refractivity contribution in [1.29, 1.82) is 0 Å². The fourth-order valence-electron chi connectivity index (χ4n) is 3.62. The number of rotatable bonds is 3. The van der Waals surface area contributed by atoms with Crippen LogP contribution in [0.2, 0.25) is 0 Å². The van der Waals surface area contributed by atoms with Gasteiger partial charge < -0.3 is 5.11 Å². The average molecular weight is 319 g/mol. The van der Waals surface area contributed by atoms with Crippen molar-refractivity contribution in [3.05, 3.63) is 66.1 Å². The average Bonchev–Trinajstić information content (AvgIpc) is 2.66. The molecule has 1 aromatic carbocycles. The molecule has 24 heavy (non-hydrogen) atoms. The fourth-order valence-corrected chi connectivity index (χ4v) is 3.62. The largest absolute Gasteiger partial charge is 0.505 e. The van der Waals surface area contributed by atoms with Crippen molar-refractivity contribution in [2.75, 3.05) is 13.1 Å². The number of hydrogen-bond donors (Lipinski definition) is 1. The summed E-state index contributed by atoms with van der Waals surface area (Å²) >= 11 is 0. The lowest BCUT2D eigenvalue weighted by molar-refractivity contribution is 0.182. The zero-order valence-corrected chi connectivity index (χ0v) is 13.6. The Morgan fingerprint density at radius 2 is 1.71 bits per heavy atom. The first-order chi connectivity index (χ1) is 11.8. The molecular formula is C20H21N3O. The van der Waals surface area contributed by atoms with Gasteiger partial charge in [0.1, 0.15) is 11.3 Å². The van der Waals surface area contributed by atoms with Gasteiger partial charge in [0.05, 0.1) is 11.7 Å². The van der Waals surface area contributed by atoms with Crippen LogP contribution in [-0.2, 0) is 0 Å². The summed E-state index contributed by atoms with van der Waals surface area (Å²) in [6.45, 7) is 2.06. The van der Waals surface area contributed by atoms with Gasteiger partial charge in [-0.15, -0.1) is 0 Å². The van der Waals surface area contributed by atoms with Crippen molar-refractivity contribution in [2.24, 2.45) is 0 Å². The van der Waals surface area contributed by atoms with Crippen LogP contribution in [0.5, 0.6) is 5.75 Å². The van der Waals surface area contributed by atoms with Crippen LogP contribution in [-0.4, -0.2) is 33.1 Å². The molecule has 0 unspecified atom stereocenters. The number of hydrogen-bond acceptors (Lipinski definition) is 4. The van der Waals surface area contributed by atoms with Gasteiger partial charge in [-0.05, 0) is 44.1 Å². The maximum Gasteiger partial charge on any atom is 0.146 e. The predicted octanol–water partition coefficient (Wildman–Crippen LogP) is 3.91. The maximum absolute atomic E-state index is 10.9. The molecule has 0 bridgehead atoms. The Morgan fingerprint density at radius 1 is 0.875 bits per heavy atom. The van der Waals surface area contributed by atoms with Crippen LogP contribution < -0.4 is 0 Å². The highest BCUT2D eigenvalue weighted by Gasteiger charge is 2.27. The van der Waals surface area contributed by atoms with Crippen molar-refractivity contribution >= 4 is 10.9 Å². The number of phenolic OH excluding ortho intramolecular Hbond substituents is 1. The molecule has 1 aliphatic heterocycles. The number of pyridine rings is 2. The van der Waals surface area contributed by atoms with Gasteiger partial charge in [0, 0.05) is 23.3 Å². The molecule has 4 rings (SSSR count). The Hall–Kier alpha value is -2.46. The molecule has 0 amide bonds. The van der Waals surface area contributed by atoms with E-state index in [4.69, 9.17) is 0 Å². The van der Waals surface area contributed by atoms with Gasteiger partial charge >= 0.3 is 0 Å². The lowest BCUT2D eigenvalue weighted by Crippen LogP contribution is -2.34. The van der Waals surface area contributed by atoms with Gasteiger partial charge in [-0.3, -0.25) is 14.9 Å². The summed E-state index contributed by atoms with van der Waals surface area (Å²) in [4.78, 5) is 11.4. The van der Waals surface area contributed by atoms with Crippen molar-refractivity contribution in [1.82, 2.24) is 14.9 Å². The molecule has 4 heteroatoms. The van der Waals surface area contributed by atoms with Gasteiger partial charge in [0.15, 0.2) is 0 Å². The summed E-state index contributed by atoms with van der Waals surface area (Å²) in [7, 11) is 0. The number of aromatic hydroxyl groups is 1. The Kier molecular flexibility index (Phi) is 4.13. The zero-order chi connectivity index (χ0) is 16.4. The van der Waals surface area contributed by atoms with E-state index in [1.54, 1.807) is 6.20 Å². The van der Waals surface area contributed by atoms with E-state index < -0.39 is 0 Å². The summed E-state index contributed by atoms with van der Waals surface area (Å²) < 4.78 is 0. The SMILES string of the molecule is Oc1c([C@H](c2ccccn2)N2CCCCC2)ccc2cccnc12. The first kappa shape index (κ1) is 15.1. The third-order valence-corrected chi connectivity index (χ3v) is 4.80. The molecule has 1 N–H and O–H groups in total. The monoisotopic (exact) mass is 319 g/mol. The molecule has 4 nitrogen and oxygen atoms in total. The summed E-state index contributed by atoms with van der Waals surface area (Å²) in [5.74, 6) is 0.273. The van der Waals surface area contributed by atoms with E-state index in [9.17, 15) is 5.11 Å². The van der Waals surface area contributed by atoms with Gasteiger partial charge in [0.25, 0.3) is 0 Å². The molecule has 1 aliphatic rings. The lowest BCUT2D eigenvalue weighted by atomic mass is 9.96. The van der Waals surface area contributed by atoms with Crippen LogP contribution in [0.1, 0.15) is 36.6 Å². The Balaban J connectivity index is 1.85. The highest BCUT2D eigenvalue weighted by atomic mass is 16.3. The van der Waals surface area contributed by atoms with Gasteiger partial charge in [-0.2, -0.15) is 0 Å². The maximum atomic E-state index is 10.9. The van der Waals surface area contributed by atoms with Crippen LogP contribution >= 0.6 is 0 Å². The zero-order valence-electron chi connectivity index (χ0n) is 13.6. The Labute approximate surface area is 141 Å². The van der Waals surface area contributed by atoms with Gasteiger partial charge in [-0.1, -0.05) is 30.7 Å². The minimum absolute atomic E-state index is 0.0297. The molecule has 0 saturated carbocycles. The van der Waals surface area contributed by atoms with Crippen molar-refractivity contribution in [3.63, 3.8) is 0 Å². The number of piperidine rings is 1. The van der Waals surface area contributed by atoms with E-state index in [0.29, 0.717) is 5.52 Å². The summed E-state index contributed by atoms with van der Waals surface area (Å²) in [6.07, 6.45) is 7.20. The molecule has 2 aromatic heterocycles. The van der Waals surface area contributed by atoms with Gasteiger partial charge in [0.2, 0.25) is 0 Å². The van der Waals surface area contributed by atoms with Crippen LogP contribution in [0.4, 0.5) is 0 Å². The standard InChI is InChI=1S/C20H21N3O/c24-20-16(10-9-15-7-6-12-22-18(15)20)19(17-8-2-3-11-21-17)23-13-4-1-5-14-23/h2-3,6-12,19,24H,1,4-5,13-14H2/t19-/m1/s1. The van der Waals surface area contributed by atoms with E-state index in [1.807, 2.05) is 48.7 Å². The first-order valence-electron chi connectivity index (χ1n) is 8.56. The van der Waals surface area contributed by atoms with Crippen LogP contribution in [0.3, 0.4) is 0 Å². The quantitative estimate of drug-likeness (QED) is 0.795. The molecule has 3 heterocycles. The second-order valence-electron chi connectivity index (χ2n) is 6.33. The van der Waals surface area contributed by atoms with E-state index in [-0.39, 0.29) is 11.8 Å². The second kappa shape index (κ2) is 6.57. The number of phenols is 1. The van der Waals surface area contributed by atoms with Crippen molar-refractivity contribution < 1.29 is 5.11 Å². The van der Waals surface area contributed by atoms with E-state index in [1.165, 1.54) is 19.3 Å². The number of benzene rings is 1. The summed E-state index contributed by atoms with van der Waals surface area (Å²) in [5, 5.41) is 11.9. The Morgan fingerprint density at radius 3 is 2.50 bits per heavy atom. The molecule has 122 valence electrons. The highest BCUT2D eigenvalue weighted by molar-refractivity contribution is 5.85. The topological polar surface area (TPSA) is 49.3 Å². The van der Waals surface area contributed by atoms with E-state index >= 15 is 0 Å². The molecule has 1 saturated heterocycles. The van der Waals surface area contributed by atoms with Gasteiger partial charge in [-0.25, -0.2) is 0 Å². The minimum atomic E-state index is -0.0297. The normalized spacial score (nSPS) is 17.0. The van der Waals surface area contributed by atoms with Crippen LogP contribution in [0.15, 0.2) is 54.9 Å². The number of nitrogens with zero attached hydrogens (tertiary/aromatic N) is 3. The second-order valence-corrected chi connectivity index (χ2v) is 6.33. The van der Waals surface area contributed by atoms with Crippen LogP contribution in [0.25, 0.3) is 10.9 Å². The Bertz CT molecular complexity index is 829. The van der Waals surface area contributed by atoms with Crippen molar-refractivity contribution in [2.45, 2.75) is 25.3 Å². The van der Waals surface area contributed by atoms with E-state index in [2.05, 4.69) is 14.9 Å². The smallest absolute Gasteiger partial charge is 0.146 e. The molecule has 0 radical (unpaired) electrons. The first-order valence-corrected chi connectivity index (χ1v) is 8.56. The molecule has 1 atom stereocenters. The summed E-state index contributed by atoms with van der Waals surface area (Å²) in [5.41, 5.74) is 2.53. The third-order valence-electron chi connectivity index (χ3n) is 4.80. The lowest BCUT2D eigenvalue weighted by Gasteiger charge is -2.34. The van der Waals surface area contributed by atoms with E-state index in [0.717, 1.165) is 29.7 Å². The predicted molar refractivity (Wildman–Crippen MR) is 94.9 cm³/mol. The molecular weight excluding hydrogens is 298 g/mol.